The van der Waals surface area contributed by atoms with Crippen LogP contribution in [0, 0.1) is 13.8 Å². The molecule has 0 aromatic heterocycles. The molecule has 0 spiro atoms. The summed E-state index contributed by atoms with van der Waals surface area (Å²) in [7, 11) is -3.44. The number of carbonyl (C=O) groups is 1. The second-order valence-electron chi connectivity index (χ2n) is 9.85. The number of piperazine rings is 1. The molecular formula is C30H37N3O3S. The average Bonchev–Trinajstić information content (AvgIpc) is 2.89. The van der Waals surface area contributed by atoms with Crippen LogP contribution >= 0.6 is 0 Å². The fraction of sp³-hybridized carbons (Fsp3) is 0.367. The van der Waals surface area contributed by atoms with Crippen LogP contribution in [0.1, 0.15) is 41.1 Å². The first kappa shape index (κ1) is 26.9. The van der Waals surface area contributed by atoms with Gasteiger partial charge < -0.3 is 4.90 Å². The molecule has 0 atom stereocenters. The van der Waals surface area contributed by atoms with Crippen molar-refractivity contribution in [1.82, 2.24) is 9.80 Å². The fourth-order valence-corrected chi connectivity index (χ4v) is 5.97. The molecule has 0 unspecified atom stereocenters. The van der Waals surface area contributed by atoms with Crippen LogP contribution in [0.15, 0.2) is 78.9 Å². The fourth-order valence-electron chi connectivity index (χ4n) is 5.01. The lowest BCUT2D eigenvalue weighted by molar-refractivity contribution is -0.133. The molecule has 1 saturated heterocycles. The molecule has 0 saturated carbocycles. The Kier molecular flexibility index (Phi) is 8.67. The molecule has 0 radical (unpaired) electrons. The normalized spacial score (nSPS) is 14.6. The summed E-state index contributed by atoms with van der Waals surface area (Å²) in [6.45, 7) is 7.18. The topological polar surface area (TPSA) is 60.9 Å². The summed E-state index contributed by atoms with van der Waals surface area (Å²) in [5, 5.41) is 0. The molecule has 4 rings (SSSR count). The van der Waals surface area contributed by atoms with Gasteiger partial charge in [0.25, 0.3) is 0 Å². The first-order chi connectivity index (χ1) is 17.7. The maximum Gasteiger partial charge on any atom is 0.232 e. The number of aryl methyl sites for hydroxylation is 2. The van der Waals surface area contributed by atoms with E-state index < -0.39 is 10.0 Å². The Bertz CT molecular complexity index is 1250. The van der Waals surface area contributed by atoms with E-state index in [2.05, 4.69) is 53.4 Å². The number of amides is 1. The highest BCUT2D eigenvalue weighted by atomic mass is 32.2. The summed E-state index contributed by atoms with van der Waals surface area (Å²) in [6.07, 6.45) is 2.03. The predicted octanol–water partition coefficient (Wildman–Crippen LogP) is 4.78. The van der Waals surface area contributed by atoms with Crippen molar-refractivity contribution in [3.8, 4) is 0 Å². The highest BCUT2D eigenvalue weighted by Gasteiger charge is 2.28. The van der Waals surface area contributed by atoms with Gasteiger partial charge in [-0.15, -0.1) is 0 Å². The molecule has 0 bridgehead atoms. The van der Waals surface area contributed by atoms with E-state index in [4.69, 9.17) is 0 Å². The lowest BCUT2D eigenvalue weighted by Crippen LogP contribution is -2.50. The van der Waals surface area contributed by atoms with Crippen LogP contribution < -0.4 is 4.31 Å². The number of nitrogens with zero attached hydrogens (tertiary/aromatic N) is 3. The summed E-state index contributed by atoms with van der Waals surface area (Å²) >= 11 is 0. The average molecular weight is 520 g/mol. The minimum absolute atomic E-state index is 0.0872. The first-order valence-corrected chi connectivity index (χ1v) is 14.8. The molecule has 0 N–H and O–H groups in total. The Morgan fingerprint density at radius 1 is 0.838 bits per heavy atom. The molecule has 37 heavy (non-hydrogen) atoms. The van der Waals surface area contributed by atoms with E-state index in [1.165, 1.54) is 21.7 Å². The summed E-state index contributed by atoms with van der Waals surface area (Å²) in [5.74, 6) is 0.0872. The summed E-state index contributed by atoms with van der Waals surface area (Å²) in [6, 6.07) is 26.8. The maximum atomic E-state index is 13.0. The summed E-state index contributed by atoms with van der Waals surface area (Å²) in [4.78, 5) is 17.4. The molecule has 1 aliphatic rings. The Morgan fingerprint density at radius 3 is 1.92 bits per heavy atom. The highest BCUT2D eigenvalue weighted by Crippen LogP contribution is 2.29. The number of hydrogen-bond donors (Lipinski definition) is 0. The van der Waals surface area contributed by atoms with Crippen molar-refractivity contribution < 1.29 is 13.2 Å². The molecule has 1 fully saturated rings. The SMILES string of the molecule is Cc1ccc(N(CCCC(=O)N2CCN(C(c3ccccc3)c3ccccc3)CC2)S(C)(=O)=O)cc1C. The van der Waals surface area contributed by atoms with Gasteiger partial charge in [0.2, 0.25) is 15.9 Å². The zero-order valence-corrected chi connectivity index (χ0v) is 22.8. The molecule has 1 amide bonds. The number of sulfonamides is 1. The van der Waals surface area contributed by atoms with Gasteiger partial charge in [0, 0.05) is 39.1 Å². The van der Waals surface area contributed by atoms with E-state index >= 15 is 0 Å². The van der Waals surface area contributed by atoms with Crippen molar-refractivity contribution in [3.05, 3.63) is 101 Å². The van der Waals surface area contributed by atoms with Crippen molar-refractivity contribution in [3.63, 3.8) is 0 Å². The van der Waals surface area contributed by atoms with Gasteiger partial charge in [0.15, 0.2) is 0 Å². The largest absolute Gasteiger partial charge is 0.340 e. The van der Waals surface area contributed by atoms with Gasteiger partial charge in [-0.3, -0.25) is 14.0 Å². The molecule has 6 nitrogen and oxygen atoms in total. The van der Waals surface area contributed by atoms with E-state index in [0.29, 0.717) is 31.6 Å². The molecule has 0 aliphatic carbocycles. The highest BCUT2D eigenvalue weighted by molar-refractivity contribution is 7.92. The van der Waals surface area contributed by atoms with Crippen molar-refractivity contribution in [1.29, 1.82) is 0 Å². The molecule has 1 heterocycles. The number of rotatable bonds is 9. The maximum absolute atomic E-state index is 13.0. The van der Waals surface area contributed by atoms with Crippen LogP contribution in [-0.2, 0) is 14.8 Å². The summed E-state index contributed by atoms with van der Waals surface area (Å²) < 4.78 is 26.3. The van der Waals surface area contributed by atoms with E-state index in [9.17, 15) is 13.2 Å². The molecule has 3 aromatic carbocycles. The van der Waals surface area contributed by atoms with E-state index in [-0.39, 0.29) is 18.5 Å². The number of carbonyl (C=O) groups excluding carboxylic acids is 1. The standard InChI is InChI=1S/C30H37N3O3S/c1-24-16-17-28(23-25(24)2)33(37(3,35)36)18-10-15-29(34)31-19-21-32(22-20-31)30(26-11-6-4-7-12-26)27-13-8-5-9-14-27/h4-9,11-14,16-17,23,30H,10,15,18-22H2,1-3H3. The quantitative estimate of drug-likeness (QED) is 0.408. The lowest BCUT2D eigenvalue weighted by Gasteiger charge is -2.40. The molecule has 3 aromatic rings. The van der Waals surface area contributed by atoms with Crippen LogP contribution in [0.3, 0.4) is 0 Å². The minimum atomic E-state index is -3.44. The third-order valence-corrected chi connectivity index (χ3v) is 8.39. The first-order valence-electron chi connectivity index (χ1n) is 12.9. The molecular weight excluding hydrogens is 482 g/mol. The molecule has 7 heteroatoms. The Balaban J connectivity index is 1.35. The predicted molar refractivity (Wildman–Crippen MR) is 150 cm³/mol. The van der Waals surface area contributed by atoms with Gasteiger partial charge in [-0.1, -0.05) is 66.7 Å². The van der Waals surface area contributed by atoms with Gasteiger partial charge in [-0.2, -0.15) is 0 Å². The van der Waals surface area contributed by atoms with Gasteiger partial charge in [0.05, 0.1) is 18.0 Å². The zero-order valence-electron chi connectivity index (χ0n) is 22.0. The van der Waals surface area contributed by atoms with Crippen molar-refractivity contribution >= 4 is 21.6 Å². The second kappa shape index (κ2) is 11.9. The van der Waals surface area contributed by atoms with Crippen LogP contribution in [0.4, 0.5) is 5.69 Å². The lowest BCUT2D eigenvalue weighted by atomic mass is 9.96. The Morgan fingerprint density at radius 2 is 1.41 bits per heavy atom. The zero-order chi connectivity index (χ0) is 26.4. The molecule has 196 valence electrons. The van der Waals surface area contributed by atoms with Gasteiger partial charge in [-0.25, -0.2) is 8.42 Å². The number of benzene rings is 3. The third kappa shape index (κ3) is 6.79. The number of anilines is 1. The number of hydrogen-bond acceptors (Lipinski definition) is 4. The van der Waals surface area contributed by atoms with Crippen molar-refractivity contribution in [2.75, 3.05) is 43.3 Å². The smallest absolute Gasteiger partial charge is 0.232 e. The van der Waals surface area contributed by atoms with Crippen LogP contribution in [-0.4, -0.2) is 63.1 Å². The van der Waals surface area contributed by atoms with Gasteiger partial charge >= 0.3 is 0 Å². The van der Waals surface area contributed by atoms with Gasteiger partial charge in [-0.05, 0) is 54.7 Å². The summed E-state index contributed by atoms with van der Waals surface area (Å²) in [5.41, 5.74) is 5.32. The molecule has 1 aliphatic heterocycles. The van der Waals surface area contributed by atoms with E-state index in [1.54, 1.807) is 0 Å². The third-order valence-electron chi connectivity index (χ3n) is 7.19. The van der Waals surface area contributed by atoms with Crippen molar-refractivity contribution in [2.45, 2.75) is 32.7 Å². The van der Waals surface area contributed by atoms with Crippen molar-refractivity contribution in [2.24, 2.45) is 0 Å². The van der Waals surface area contributed by atoms with Gasteiger partial charge in [0.1, 0.15) is 0 Å². The second-order valence-corrected chi connectivity index (χ2v) is 11.8. The van der Waals surface area contributed by atoms with Crippen LogP contribution in [0.5, 0.6) is 0 Å². The van der Waals surface area contributed by atoms with Crippen LogP contribution in [0.25, 0.3) is 0 Å². The minimum Gasteiger partial charge on any atom is -0.340 e. The van der Waals surface area contributed by atoms with E-state index in [0.717, 1.165) is 24.2 Å². The Hall–Kier alpha value is -3.16. The van der Waals surface area contributed by atoms with Crippen LogP contribution in [0.2, 0.25) is 0 Å². The monoisotopic (exact) mass is 519 g/mol. The Labute approximate surface area is 221 Å². The van der Waals surface area contributed by atoms with E-state index in [1.807, 2.05) is 49.1 Å².